The molecule has 5 aromatic rings. The van der Waals surface area contributed by atoms with Gasteiger partial charge in [0, 0.05) is 16.5 Å². The number of nitro groups is 1. The minimum atomic E-state index is -0.428. The zero-order valence-corrected chi connectivity index (χ0v) is 20.8. The van der Waals surface area contributed by atoms with Crippen molar-refractivity contribution in [2.24, 2.45) is 0 Å². The van der Waals surface area contributed by atoms with Gasteiger partial charge in [0.1, 0.15) is 16.4 Å². The van der Waals surface area contributed by atoms with Gasteiger partial charge in [0.2, 0.25) is 0 Å². The van der Waals surface area contributed by atoms with Gasteiger partial charge in [0.05, 0.1) is 32.0 Å². The van der Waals surface area contributed by atoms with E-state index < -0.39 is 4.92 Å². The van der Waals surface area contributed by atoms with Gasteiger partial charge >= 0.3 is 0 Å². The van der Waals surface area contributed by atoms with Crippen LogP contribution in [-0.4, -0.2) is 26.5 Å². The number of fused-ring (bicyclic) bond motifs is 2. The van der Waals surface area contributed by atoms with Crippen LogP contribution < -0.4 is 10.3 Å². The number of hydrogen-bond donors (Lipinski definition) is 1. The first-order valence-corrected chi connectivity index (χ1v) is 12.8. The van der Waals surface area contributed by atoms with E-state index in [1.165, 1.54) is 40.5 Å². The third-order valence-electron chi connectivity index (χ3n) is 5.32. The SMILES string of the molecule is CCOc1ccc2nc(Sc3ccc(-c4nc5sc(C)c(C)c5c(=O)[nH]4)cc3[N+](=O)[O-])sc2c1. The van der Waals surface area contributed by atoms with Gasteiger partial charge in [-0.1, -0.05) is 11.8 Å². The van der Waals surface area contributed by atoms with Crippen molar-refractivity contribution in [3.63, 3.8) is 0 Å². The van der Waals surface area contributed by atoms with Gasteiger partial charge in [-0.05, 0) is 56.7 Å². The van der Waals surface area contributed by atoms with E-state index >= 15 is 0 Å². The smallest absolute Gasteiger partial charge is 0.284 e. The number of nitrogens with one attached hydrogen (secondary N) is 1. The molecule has 0 saturated carbocycles. The lowest BCUT2D eigenvalue weighted by Gasteiger charge is -2.05. The normalized spacial score (nSPS) is 11.4. The highest BCUT2D eigenvalue weighted by molar-refractivity contribution is 8.01. The fourth-order valence-electron chi connectivity index (χ4n) is 3.56. The summed E-state index contributed by atoms with van der Waals surface area (Å²) >= 11 is 4.13. The number of nitrogens with zero attached hydrogens (tertiary/aromatic N) is 3. The summed E-state index contributed by atoms with van der Waals surface area (Å²) in [6, 6.07) is 10.5. The Morgan fingerprint density at radius 3 is 2.74 bits per heavy atom. The summed E-state index contributed by atoms with van der Waals surface area (Å²) in [5.74, 6) is 1.07. The Kier molecular flexibility index (Phi) is 5.84. The average Bonchev–Trinajstić information content (AvgIpc) is 3.33. The first-order valence-electron chi connectivity index (χ1n) is 10.3. The molecule has 0 amide bonds. The largest absolute Gasteiger partial charge is 0.494 e. The molecule has 0 aliphatic carbocycles. The molecule has 2 aromatic carbocycles. The predicted octanol–water partition coefficient (Wildman–Crippen LogP) is 6.34. The number of aromatic nitrogens is 3. The molecule has 8 nitrogen and oxygen atoms in total. The van der Waals surface area contributed by atoms with Crippen molar-refractivity contribution in [1.29, 1.82) is 0 Å². The number of rotatable bonds is 6. The van der Waals surface area contributed by atoms with Gasteiger partial charge < -0.3 is 9.72 Å². The molecule has 0 unspecified atom stereocenters. The van der Waals surface area contributed by atoms with Crippen LogP contribution in [0.3, 0.4) is 0 Å². The quantitative estimate of drug-likeness (QED) is 0.210. The van der Waals surface area contributed by atoms with Crippen LogP contribution in [0.15, 0.2) is 50.4 Å². The maximum Gasteiger partial charge on any atom is 0.284 e. The van der Waals surface area contributed by atoms with E-state index in [9.17, 15) is 14.9 Å². The Morgan fingerprint density at radius 2 is 1.97 bits per heavy atom. The Balaban J connectivity index is 1.52. The monoisotopic (exact) mass is 510 g/mol. The van der Waals surface area contributed by atoms with Crippen LogP contribution in [0, 0.1) is 24.0 Å². The zero-order valence-electron chi connectivity index (χ0n) is 18.4. The Bertz CT molecular complexity index is 1640. The highest BCUT2D eigenvalue weighted by Gasteiger charge is 2.20. The molecule has 3 heterocycles. The third kappa shape index (κ3) is 4.06. The van der Waals surface area contributed by atoms with Gasteiger partial charge in [-0.2, -0.15) is 0 Å². The number of aryl methyl sites for hydroxylation is 2. The summed E-state index contributed by atoms with van der Waals surface area (Å²) in [5, 5.41) is 12.4. The summed E-state index contributed by atoms with van der Waals surface area (Å²) < 4.78 is 7.18. The van der Waals surface area contributed by atoms with Gasteiger partial charge in [0.15, 0.2) is 4.34 Å². The van der Waals surface area contributed by atoms with E-state index in [-0.39, 0.29) is 11.2 Å². The Labute approximate surface area is 205 Å². The number of thiophene rings is 1. The zero-order chi connectivity index (χ0) is 24.0. The predicted molar refractivity (Wildman–Crippen MR) is 137 cm³/mol. The first kappa shape index (κ1) is 22.5. The van der Waals surface area contributed by atoms with Gasteiger partial charge in [-0.15, -0.1) is 22.7 Å². The summed E-state index contributed by atoms with van der Waals surface area (Å²) in [5.41, 5.74) is 1.88. The highest BCUT2D eigenvalue weighted by Crippen LogP contribution is 2.40. The topological polar surface area (TPSA) is 111 Å². The van der Waals surface area contributed by atoms with Crippen LogP contribution >= 0.6 is 34.4 Å². The fraction of sp³-hybridized carbons (Fsp3) is 0.174. The standard InChI is InChI=1S/C23H18N4O4S3/c1-4-31-14-6-7-15-18(10-14)34-23(24-15)33-17-8-5-13(9-16(17)27(29)30)20-25-21(28)19-11(2)12(3)32-22(19)26-20/h5-10H,4H2,1-3H3,(H,25,26,28). The minimum absolute atomic E-state index is 0.0713. The van der Waals surface area contributed by atoms with E-state index in [1.807, 2.05) is 39.0 Å². The van der Waals surface area contributed by atoms with Gasteiger partial charge in [0.25, 0.3) is 11.2 Å². The second-order valence-corrected chi connectivity index (χ2v) is 11.0. The third-order valence-corrected chi connectivity index (χ3v) is 8.56. The summed E-state index contributed by atoms with van der Waals surface area (Å²) in [6.07, 6.45) is 0. The number of H-pyrrole nitrogens is 1. The lowest BCUT2D eigenvalue weighted by Crippen LogP contribution is -2.09. The fourth-order valence-corrected chi connectivity index (χ4v) is 6.73. The molecule has 0 aliphatic rings. The molecule has 0 atom stereocenters. The Hall–Kier alpha value is -3.28. The van der Waals surface area contributed by atoms with E-state index in [0.717, 1.165) is 26.4 Å². The molecule has 0 fully saturated rings. The molecule has 0 saturated heterocycles. The van der Waals surface area contributed by atoms with Crippen molar-refractivity contribution in [3.05, 3.63) is 67.3 Å². The van der Waals surface area contributed by atoms with Crippen molar-refractivity contribution >= 4 is 60.6 Å². The summed E-state index contributed by atoms with van der Waals surface area (Å²) in [4.78, 5) is 38.1. The first-order chi connectivity index (χ1) is 16.3. The Morgan fingerprint density at radius 1 is 1.15 bits per heavy atom. The second kappa shape index (κ2) is 8.82. The maximum atomic E-state index is 12.6. The molecule has 1 N–H and O–H groups in total. The average molecular weight is 511 g/mol. The van der Waals surface area contributed by atoms with E-state index in [1.54, 1.807) is 12.1 Å². The number of hydrogen-bond acceptors (Lipinski definition) is 9. The lowest BCUT2D eigenvalue weighted by atomic mass is 10.1. The molecule has 172 valence electrons. The van der Waals surface area contributed by atoms with Gasteiger partial charge in [-0.3, -0.25) is 14.9 Å². The molecule has 11 heteroatoms. The molecular formula is C23H18N4O4S3. The lowest BCUT2D eigenvalue weighted by molar-refractivity contribution is -0.387. The van der Waals surface area contributed by atoms with Crippen molar-refractivity contribution < 1.29 is 9.66 Å². The van der Waals surface area contributed by atoms with E-state index in [0.29, 0.717) is 37.4 Å². The van der Waals surface area contributed by atoms with E-state index in [2.05, 4.69) is 15.0 Å². The molecule has 0 radical (unpaired) electrons. The minimum Gasteiger partial charge on any atom is -0.494 e. The molecule has 3 aromatic heterocycles. The van der Waals surface area contributed by atoms with Crippen LogP contribution in [0.4, 0.5) is 5.69 Å². The molecular weight excluding hydrogens is 492 g/mol. The number of ether oxygens (including phenoxy) is 1. The summed E-state index contributed by atoms with van der Waals surface area (Å²) in [6.45, 7) is 6.33. The maximum absolute atomic E-state index is 12.6. The molecule has 0 aliphatic heterocycles. The molecule has 0 bridgehead atoms. The highest BCUT2D eigenvalue weighted by atomic mass is 32.2. The molecule has 5 rings (SSSR count). The van der Waals surface area contributed by atoms with Crippen molar-refractivity contribution in [1.82, 2.24) is 15.0 Å². The van der Waals surface area contributed by atoms with Crippen LogP contribution in [0.25, 0.3) is 31.8 Å². The number of benzene rings is 2. The van der Waals surface area contributed by atoms with Crippen LogP contribution in [0.1, 0.15) is 17.4 Å². The molecule has 0 spiro atoms. The van der Waals surface area contributed by atoms with Crippen LogP contribution in [0.5, 0.6) is 5.75 Å². The van der Waals surface area contributed by atoms with Crippen molar-refractivity contribution in [2.45, 2.75) is 30.0 Å². The number of nitro benzene ring substituents is 1. The van der Waals surface area contributed by atoms with Crippen LogP contribution in [-0.2, 0) is 0 Å². The van der Waals surface area contributed by atoms with Crippen molar-refractivity contribution in [2.75, 3.05) is 6.61 Å². The van der Waals surface area contributed by atoms with Gasteiger partial charge in [-0.25, -0.2) is 9.97 Å². The number of aromatic amines is 1. The summed E-state index contributed by atoms with van der Waals surface area (Å²) in [7, 11) is 0. The van der Waals surface area contributed by atoms with Crippen LogP contribution in [0.2, 0.25) is 0 Å². The van der Waals surface area contributed by atoms with Crippen molar-refractivity contribution in [3.8, 4) is 17.1 Å². The molecule has 34 heavy (non-hydrogen) atoms. The van der Waals surface area contributed by atoms with E-state index in [4.69, 9.17) is 4.74 Å². The number of thiazole rings is 1. The second-order valence-electron chi connectivity index (χ2n) is 7.46.